The Hall–Kier alpha value is -0.970. The molecule has 38 heavy (non-hydrogen) atoms. The third-order valence-corrected chi connectivity index (χ3v) is 7.89. The van der Waals surface area contributed by atoms with Crippen molar-refractivity contribution in [2.75, 3.05) is 19.8 Å². The fraction of sp³-hybridized carbons (Fsp3) is 0.853. The van der Waals surface area contributed by atoms with Gasteiger partial charge in [-0.1, -0.05) is 122 Å². The number of unbranched alkanes of at least 4 members (excludes halogenated alkanes) is 19. The molecule has 0 N–H and O–H groups in total. The minimum atomic E-state index is -0.00423. The highest BCUT2D eigenvalue weighted by atomic mass is 16.7. The number of aromatic nitrogens is 1. The summed E-state index contributed by atoms with van der Waals surface area (Å²) in [5, 5.41) is 0. The van der Waals surface area contributed by atoms with E-state index in [0.29, 0.717) is 13.2 Å². The maximum Gasteiger partial charge on any atom is 0.168 e. The van der Waals surface area contributed by atoms with Crippen LogP contribution in [0.2, 0.25) is 0 Å². The summed E-state index contributed by atoms with van der Waals surface area (Å²) in [5.41, 5.74) is 0. The van der Waals surface area contributed by atoms with Crippen molar-refractivity contribution in [2.24, 2.45) is 0 Å². The largest absolute Gasteiger partial charge is 0.379 e. The number of aryl methyl sites for hydroxylation is 1. The first-order valence-electron chi connectivity index (χ1n) is 16.7. The third kappa shape index (κ3) is 19.1. The molecule has 0 unspecified atom stereocenters. The normalized spacial score (nSPS) is 17.4. The van der Waals surface area contributed by atoms with E-state index in [1.165, 1.54) is 128 Å². The van der Waals surface area contributed by atoms with Crippen LogP contribution in [0.3, 0.4) is 0 Å². The fourth-order valence-electron chi connectivity index (χ4n) is 5.43. The Balaban J connectivity index is 1.25. The van der Waals surface area contributed by atoms with Crippen molar-refractivity contribution >= 4 is 0 Å². The molecule has 0 aliphatic carbocycles. The molecular formula is C34H62NO3+. The van der Waals surface area contributed by atoms with E-state index in [0.717, 1.165) is 26.0 Å². The summed E-state index contributed by atoms with van der Waals surface area (Å²) in [6, 6.07) is 6.25. The van der Waals surface area contributed by atoms with Gasteiger partial charge in [0.2, 0.25) is 0 Å². The minimum Gasteiger partial charge on any atom is -0.379 e. The monoisotopic (exact) mass is 532 g/mol. The molecule has 2 heterocycles. The number of hydrogen-bond donors (Lipinski definition) is 0. The minimum absolute atomic E-state index is 0.00423. The second-order valence-corrected chi connectivity index (χ2v) is 11.6. The van der Waals surface area contributed by atoms with Gasteiger partial charge in [0.25, 0.3) is 0 Å². The van der Waals surface area contributed by atoms with Crippen molar-refractivity contribution in [3.8, 4) is 0 Å². The number of pyridine rings is 1. The van der Waals surface area contributed by atoms with Crippen LogP contribution in [0.1, 0.15) is 148 Å². The average molecular weight is 533 g/mol. The van der Waals surface area contributed by atoms with Crippen molar-refractivity contribution in [3.63, 3.8) is 0 Å². The maximum absolute atomic E-state index is 6.03. The molecule has 0 spiro atoms. The molecule has 1 saturated heterocycles. The Morgan fingerprint density at radius 3 is 1.76 bits per heavy atom. The number of ether oxygens (including phenoxy) is 3. The third-order valence-electron chi connectivity index (χ3n) is 7.89. The molecule has 0 saturated carbocycles. The van der Waals surface area contributed by atoms with Crippen LogP contribution in [-0.2, 0) is 20.8 Å². The van der Waals surface area contributed by atoms with Crippen molar-refractivity contribution in [2.45, 2.75) is 167 Å². The van der Waals surface area contributed by atoms with Gasteiger partial charge < -0.3 is 14.2 Å². The molecule has 1 aliphatic rings. The lowest BCUT2D eigenvalue weighted by Gasteiger charge is -2.12. The zero-order valence-electron chi connectivity index (χ0n) is 25.1. The lowest BCUT2D eigenvalue weighted by atomic mass is 10.0. The molecule has 1 aromatic rings. The zero-order chi connectivity index (χ0) is 26.8. The van der Waals surface area contributed by atoms with E-state index >= 15 is 0 Å². The Bertz CT molecular complexity index is 611. The SMILES string of the molecule is CCCCCCCCCCCCCCCCCCC[C@H]1OC[C@H](COCCCCCC[n+]2ccccc2)O1. The van der Waals surface area contributed by atoms with Crippen LogP contribution in [0.15, 0.2) is 30.6 Å². The summed E-state index contributed by atoms with van der Waals surface area (Å²) in [5.74, 6) is 0. The highest BCUT2D eigenvalue weighted by Gasteiger charge is 2.25. The van der Waals surface area contributed by atoms with Crippen LogP contribution in [0.4, 0.5) is 0 Å². The predicted octanol–water partition coefficient (Wildman–Crippen LogP) is 9.33. The van der Waals surface area contributed by atoms with Crippen molar-refractivity contribution in [1.29, 1.82) is 0 Å². The van der Waals surface area contributed by atoms with Gasteiger partial charge in [0.05, 0.1) is 13.2 Å². The van der Waals surface area contributed by atoms with Crippen LogP contribution >= 0.6 is 0 Å². The number of nitrogens with zero attached hydrogens (tertiary/aromatic N) is 1. The molecule has 4 nitrogen and oxygen atoms in total. The summed E-state index contributed by atoms with van der Waals surface area (Å²) in [6.07, 6.45) is 34.3. The summed E-state index contributed by atoms with van der Waals surface area (Å²) in [4.78, 5) is 0. The van der Waals surface area contributed by atoms with Gasteiger partial charge in [0.1, 0.15) is 12.6 Å². The highest BCUT2D eigenvalue weighted by Crippen LogP contribution is 2.19. The summed E-state index contributed by atoms with van der Waals surface area (Å²) < 4.78 is 20.0. The second kappa shape index (κ2) is 25.0. The number of rotatable bonds is 27. The van der Waals surface area contributed by atoms with Gasteiger partial charge in [-0.3, -0.25) is 0 Å². The molecule has 0 bridgehead atoms. The van der Waals surface area contributed by atoms with E-state index in [9.17, 15) is 0 Å². The number of hydrogen-bond acceptors (Lipinski definition) is 3. The Morgan fingerprint density at radius 2 is 1.16 bits per heavy atom. The van der Waals surface area contributed by atoms with E-state index < -0.39 is 0 Å². The first kappa shape index (κ1) is 33.2. The molecule has 0 aromatic carbocycles. The molecule has 0 amide bonds. The molecule has 2 rings (SSSR count). The van der Waals surface area contributed by atoms with E-state index in [2.05, 4.69) is 42.1 Å². The Morgan fingerprint density at radius 1 is 0.632 bits per heavy atom. The Kier molecular flexibility index (Phi) is 21.9. The van der Waals surface area contributed by atoms with E-state index in [4.69, 9.17) is 14.2 Å². The molecule has 1 aromatic heterocycles. The van der Waals surface area contributed by atoms with Crippen LogP contribution in [0.25, 0.3) is 0 Å². The highest BCUT2D eigenvalue weighted by molar-refractivity contribution is 4.83. The quantitative estimate of drug-likeness (QED) is 0.0835. The fourth-order valence-corrected chi connectivity index (χ4v) is 5.43. The Labute approximate surface area is 236 Å². The van der Waals surface area contributed by atoms with Gasteiger partial charge in [0.15, 0.2) is 18.7 Å². The van der Waals surface area contributed by atoms with E-state index in [1.54, 1.807) is 0 Å². The first-order chi connectivity index (χ1) is 18.9. The lowest BCUT2D eigenvalue weighted by molar-refractivity contribution is -0.697. The molecule has 0 radical (unpaired) electrons. The van der Waals surface area contributed by atoms with E-state index in [1.807, 2.05) is 0 Å². The van der Waals surface area contributed by atoms with Gasteiger partial charge in [-0.25, -0.2) is 4.57 Å². The van der Waals surface area contributed by atoms with Crippen LogP contribution in [-0.4, -0.2) is 32.2 Å². The smallest absolute Gasteiger partial charge is 0.168 e. The van der Waals surface area contributed by atoms with Crippen molar-refractivity contribution in [3.05, 3.63) is 30.6 Å². The van der Waals surface area contributed by atoms with Gasteiger partial charge in [0, 0.05) is 25.2 Å². The van der Waals surface area contributed by atoms with Crippen LogP contribution in [0.5, 0.6) is 0 Å². The van der Waals surface area contributed by atoms with Gasteiger partial charge in [-0.15, -0.1) is 0 Å². The average Bonchev–Trinajstić information content (AvgIpc) is 3.40. The molecular weight excluding hydrogens is 470 g/mol. The van der Waals surface area contributed by atoms with Gasteiger partial charge in [-0.2, -0.15) is 0 Å². The lowest BCUT2D eigenvalue weighted by Crippen LogP contribution is -2.32. The summed E-state index contributed by atoms with van der Waals surface area (Å²) in [7, 11) is 0. The van der Waals surface area contributed by atoms with Crippen LogP contribution in [0, 0.1) is 0 Å². The molecule has 1 fully saturated rings. The molecule has 220 valence electrons. The summed E-state index contributed by atoms with van der Waals surface area (Å²) >= 11 is 0. The summed E-state index contributed by atoms with van der Waals surface area (Å²) in [6.45, 7) is 5.61. The second-order valence-electron chi connectivity index (χ2n) is 11.6. The van der Waals surface area contributed by atoms with Crippen molar-refractivity contribution < 1.29 is 18.8 Å². The van der Waals surface area contributed by atoms with Crippen molar-refractivity contribution in [1.82, 2.24) is 0 Å². The maximum atomic E-state index is 6.03. The zero-order valence-corrected chi connectivity index (χ0v) is 25.1. The molecule has 2 atom stereocenters. The van der Waals surface area contributed by atoms with Gasteiger partial charge >= 0.3 is 0 Å². The molecule has 1 aliphatic heterocycles. The predicted molar refractivity (Wildman–Crippen MR) is 159 cm³/mol. The van der Waals surface area contributed by atoms with Crippen LogP contribution < -0.4 is 4.57 Å². The van der Waals surface area contributed by atoms with E-state index in [-0.39, 0.29) is 12.4 Å². The van der Waals surface area contributed by atoms with Gasteiger partial charge in [-0.05, 0) is 25.7 Å². The first-order valence-corrected chi connectivity index (χ1v) is 16.7. The standard InChI is InChI=1S/C34H62NO3/c1-2-3-4-5-6-7-8-9-10-11-12-13-14-15-16-17-21-26-34-37-32-33(38-34)31-36-30-25-19-18-22-27-35-28-23-20-24-29-35/h20,23-24,28-29,33-34H,2-19,21-22,25-27,30-32H2,1H3/q+1/t33-,34-/m0/s1. The molecule has 4 heteroatoms. The topological polar surface area (TPSA) is 31.6 Å².